The third-order valence-corrected chi connectivity index (χ3v) is 8.32. The number of ether oxygens (including phenoxy) is 1. The number of carbonyl (C=O) groups is 2. The summed E-state index contributed by atoms with van der Waals surface area (Å²) < 4.78 is 23.9. The average Bonchev–Trinajstić information content (AvgIpc) is 3.53. The molecular weight excluding hydrogens is 566 g/mol. The fourth-order valence-corrected chi connectivity index (χ4v) is 6.22. The highest BCUT2D eigenvalue weighted by atomic mass is 35.5. The minimum Gasteiger partial charge on any atom is -0.507 e. The molecule has 2 aromatic heterocycles. The van der Waals surface area contributed by atoms with Crippen LogP contribution in [0.3, 0.4) is 0 Å². The Morgan fingerprint density at radius 1 is 1.26 bits per heavy atom. The Hall–Kier alpha value is -3.49. The van der Waals surface area contributed by atoms with Gasteiger partial charge in [0.25, 0.3) is 6.47 Å². The van der Waals surface area contributed by atoms with Crippen LogP contribution in [0, 0.1) is 0 Å². The number of carboxylic acid groups (broad SMARTS) is 1. The van der Waals surface area contributed by atoms with E-state index < -0.39 is 11.0 Å². The first kappa shape index (κ1) is 28.5. The van der Waals surface area contributed by atoms with E-state index in [4.69, 9.17) is 26.2 Å². The highest BCUT2D eigenvalue weighted by Gasteiger charge is 2.21. The summed E-state index contributed by atoms with van der Waals surface area (Å²) in [6.07, 6.45) is 0. The van der Waals surface area contributed by atoms with Crippen LogP contribution in [0.5, 0.6) is 5.75 Å². The Morgan fingerprint density at radius 2 is 2.03 bits per heavy atom. The first-order valence-corrected chi connectivity index (χ1v) is 14.1. The Balaban J connectivity index is 0.00000112. The number of aromatic hydroxyl groups is 1. The summed E-state index contributed by atoms with van der Waals surface area (Å²) >= 11 is 7.19. The highest BCUT2D eigenvalue weighted by molar-refractivity contribution is 7.88. The van der Waals surface area contributed by atoms with Crippen LogP contribution in [0.4, 0.5) is 5.82 Å². The summed E-state index contributed by atoms with van der Waals surface area (Å²) in [5.41, 5.74) is 2.61. The Bertz CT molecular complexity index is 1470. The molecular formula is C25H26ClN5O6S2. The van der Waals surface area contributed by atoms with Crippen LogP contribution in [0.2, 0.25) is 4.34 Å². The number of carbonyl (C=O) groups excluding carboxylic acids is 1. The van der Waals surface area contributed by atoms with Crippen molar-refractivity contribution in [3.05, 3.63) is 70.1 Å². The van der Waals surface area contributed by atoms with Gasteiger partial charge in [-0.15, -0.1) is 11.3 Å². The molecule has 0 saturated carbocycles. The maximum atomic E-state index is 12.8. The molecule has 0 aliphatic carbocycles. The SMILES string of the molecule is O=C(NCc1cccc(Cn2nc(NS(=O)c3ccc(Cl)s3)c3c(O)cccc32)c1)C1COCCN1.O=CO. The van der Waals surface area contributed by atoms with Crippen molar-refractivity contribution in [2.45, 2.75) is 23.3 Å². The fourth-order valence-electron chi connectivity index (χ4n) is 4.00. The lowest BCUT2D eigenvalue weighted by atomic mass is 10.1. The molecule has 1 amide bonds. The van der Waals surface area contributed by atoms with Gasteiger partial charge < -0.3 is 25.6 Å². The Morgan fingerprint density at radius 3 is 2.74 bits per heavy atom. The van der Waals surface area contributed by atoms with Gasteiger partial charge in [0, 0.05) is 13.1 Å². The van der Waals surface area contributed by atoms with Gasteiger partial charge in [0.1, 0.15) is 16.0 Å². The molecule has 2 aromatic carbocycles. The van der Waals surface area contributed by atoms with Gasteiger partial charge in [0.2, 0.25) is 5.91 Å². The lowest BCUT2D eigenvalue weighted by Crippen LogP contribution is -2.51. The minimum atomic E-state index is -1.58. The van der Waals surface area contributed by atoms with Crippen molar-refractivity contribution in [2.75, 3.05) is 24.5 Å². The van der Waals surface area contributed by atoms with Gasteiger partial charge in [-0.25, -0.2) is 4.21 Å². The van der Waals surface area contributed by atoms with E-state index in [2.05, 4.69) is 20.5 Å². The first-order valence-electron chi connectivity index (χ1n) is 11.8. The molecule has 39 heavy (non-hydrogen) atoms. The zero-order chi connectivity index (χ0) is 27.8. The summed E-state index contributed by atoms with van der Waals surface area (Å²) in [6, 6.07) is 16.0. The summed E-state index contributed by atoms with van der Waals surface area (Å²) in [4.78, 5) is 20.8. The van der Waals surface area contributed by atoms with Crippen molar-refractivity contribution in [2.24, 2.45) is 0 Å². The summed E-state index contributed by atoms with van der Waals surface area (Å²) in [5, 5.41) is 28.6. The number of anilines is 1. The van der Waals surface area contributed by atoms with Crippen LogP contribution < -0.4 is 15.4 Å². The number of thiophene rings is 1. The molecule has 3 heterocycles. The topological polar surface area (TPSA) is 155 Å². The molecule has 1 fully saturated rings. The zero-order valence-electron chi connectivity index (χ0n) is 20.5. The molecule has 1 aliphatic heterocycles. The number of phenols is 1. The van der Waals surface area contributed by atoms with Gasteiger partial charge >= 0.3 is 0 Å². The number of phenolic OH excluding ortho intramolecular Hbond substituents is 1. The molecule has 14 heteroatoms. The van der Waals surface area contributed by atoms with Gasteiger partial charge in [0.15, 0.2) is 16.8 Å². The smallest absolute Gasteiger partial charge is 0.290 e. The standard InChI is InChI=1S/C24H24ClN5O4S2.CH2O2/c25-20-7-8-21(35-20)36(33)29-23-22-18(5-2-6-19(22)31)30(28-23)13-16-4-1-3-15(11-16)12-27-24(32)17-14-34-10-9-26-17;2-1-3/h1-8,11,17,26,31H,9-10,12-14H2,(H,27,32)(H,28,29);1H,(H,2,3). The molecule has 1 aliphatic rings. The molecule has 5 N–H and O–H groups in total. The van der Waals surface area contributed by atoms with Crippen LogP contribution in [0.1, 0.15) is 11.1 Å². The molecule has 0 bridgehead atoms. The second kappa shape index (κ2) is 13.5. The average molecular weight is 592 g/mol. The van der Waals surface area contributed by atoms with E-state index in [1.54, 1.807) is 28.9 Å². The number of aromatic nitrogens is 2. The number of nitrogens with zero attached hydrogens (tertiary/aromatic N) is 2. The molecule has 0 radical (unpaired) electrons. The minimum absolute atomic E-state index is 0.0410. The molecule has 2 unspecified atom stereocenters. The molecule has 1 saturated heterocycles. The number of benzene rings is 2. The quantitative estimate of drug-likeness (QED) is 0.196. The molecule has 5 rings (SSSR count). The molecule has 4 aromatic rings. The van der Waals surface area contributed by atoms with Crippen molar-refractivity contribution in [1.29, 1.82) is 0 Å². The van der Waals surface area contributed by atoms with Crippen LogP contribution in [0.15, 0.2) is 58.8 Å². The summed E-state index contributed by atoms with van der Waals surface area (Å²) in [7, 11) is -1.58. The lowest BCUT2D eigenvalue weighted by Gasteiger charge is -2.22. The van der Waals surface area contributed by atoms with Crippen LogP contribution in [-0.2, 0) is 38.4 Å². The number of nitrogens with one attached hydrogen (secondary N) is 3. The van der Waals surface area contributed by atoms with Gasteiger partial charge in [0.05, 0.1) is 35.0 Å². The van der Waals surface area contributed by atoms with Crippen molar-refractivity contribution < 1.29 is 28.7 Å². The third-order valence-electron chi connectivity index (χ3n) is 5.71. The van der Waals surface area contributed by atoms with Crippen LogP contribution >= 0.6 is 22.9 Å². The second-order valence-electron chi connectivity index (χ2n) is 8.33. The van der Waals surface area contributed by atoms with E-state index in [0.717, 1.165) is 11.1 Å². The second-order valence-corrected chi connectivity index (χ2v) is 11.5. The summed E-state index contributed by atoms with van der Waals surface area (Å²) in [6.45, 7) is 2.19. The predicted molar refractivity (Wildman–Crippen MR) is 149 cm³/mol. The van der Waals surface area contributed by atoms with E-state index in [-0.39, 0.29) is 24.2 Å². The van der Waals surface area contributed by atoms with Crippen molar-refractivity contribution in [3.8, 4) is 5.75 Å². The number of fused-ring (bicyclic) bond motifs is 1. The van der Waals surface area contributed by atoms with E-state index in [0.29, 0.717) is 58.1 Å². The number of hydrogen-bond acceptors (Lipinski definition) is 8. The monoisotopic (exact) mass is 591 g/mol. The van der Waals surface area contributed by atoms with Gasteiger partial charge in [-0.1, -0.05) is 41.9 Å². The van der Waals surface area contributed by atoms with Gasteiger partial charge in [-0.2, -0.15) is 5.10 Å². The maximum absolute atomic E-state index is 12.8. The van der Waals surface area contributed by atoms with E-state index >= 15 is 0 Å². The summed E-state index contributed by atoms with van der Waals surface area (Å²) in [5.74, 6) is 0.264. The number of rotatable bonds is 8. The molecule has 206 valence electrons. The number of hydrogen-bond donors (Lipinski definition) is 5. The van der Waals surface area contributed by atoms with Crippen LogP contribution in [-0.4, -0.2) is 62.4 Å². The van der Waals surface area contributed by atoms with Gasteiger partial charge in [-0.3, -0.25) is 19.0 Å². The number of morpholine rings is 1. The Kier molecular flexibility index (Phi) is 9.90. The first-order chi connectivity index (χ1) is 18.9. The van der Waals surface area contributed by atoms with Crippen molar-refractivity contribution in [3.63, 3.8) is 0 Å². The maximum Gasteiger partial charge on any atom is 0.290 e. The van der Waals surface area contributed by atoms with E-state index in [1.807, 2.05) is 30.3 Å². The van der Waals surface area contributed by atoms with Gasteiger partial charge in [-0.05, 0) is 35.4 Å². The van der Waals surface area contributed by atoms with E-state index in [9.17, 15) is 14.1 Å². The highest BCUT2D eigenvalue weighted by Crippen LogP contribution is 2.33. The normalized spacial score (nSPS) is 15.7. The predicted octanol–water partition coefficient (Wildman–Crippen LogP) is 2.95. The molecule has 0 spiro atoms. The van der Waals surface area contributed by atoms with E-state index in [1.165, 1.54) is 11.3 Å². The van der Waals surface area contributed by atoms with Crippen LogP contribution in [0.25, 0.3) is 10.9 Å². The van der Waals surface area contributed by atoms with Crippen molar-refractivity contribution >= 4 is 63.0 Å². The molecule has 11 nitrogen and oxygen atoms in total. The third kappa shape index (κ3) is 7.34. The zero-order valence-corrected chi connectivity index (χ0v) is 22.9. The van der Waals surface area contributed by atoms with Crippen molar-refractivity contribution in [1.82, 2.24) is 20.4 Å². The largest absolute Gasteiger partial charge is 0.507 e. The fraction of sp³-hybridized carbons (Fsp3) is 0.240. The Labute approximate surface area is 235 Å². The number of halogens is 1. The number of amides is 1. The molecule has 2 atom stereocenters. The lowest BCUT2D eigenvalue weighted by molar-refractivity contribution is -0.126.